The molecule has 0 aromatic rings. The van der Waals surface area contributed by atoms with E-state index >= 15 is 0 Å². The van der Waals surface area contributed by atoms with E-state index in [-0.39, 0.29) is 0 Å². The van der Waals surface area contributed by atoms with Crippen molar-refractivity contribution in [3.8, 4) is 0 Å². The Bertz CT molecular complexity index is 150. The summed E-state index contributed by atoms with van der Waals surface area (Å²) in [4.78, 5) is 0. The molecule has 0 aromatic carbocycles. The third-order valence-electron chi connectivity index (χ3n) is 1.92. The minimum atomic E-state index is -1.16. The summed E-state index contributed by atoms with van der Waals surface area (Å²) >= 11 is 4.46. The van der Waals surface area contributed by atoms with Gasteiger partial charge in [0.05, 0.1) is 6.10 Å². The van der Waals surface area contributed by atoms with Gasteiger partial charge in [-0.15, -0.1) is 0 Å². The molecule has 0 bridgehead atoms. The lowest BCUT2D eigenvalue weighted by molar-refractivity contribution is -0.0369. The Kier molecular flexibility index (Phi) is 6.41. The van der Waals surface area contributed by atoms with E-state index in [1.807, 2.05) is 13.8 Å². The van der Waals surface area contributed by atoms with Gasteiger partial charge in [0.15, 0.2) is 0 Å². The number of hydrogen-bond donors (Lipinski definition) is 3. The van der Waals surface area contributed by atoms with Crippen molar-refractivity contribution in [1.29, 1.82) is 0 Å². The standard InChI is InChI=1S/C9H18O3S/c1-6(2)3-4-7(10)9(12)8(11)5-13/h5-12H,3-4H2,1-2H3/t7-,8+,9-/m1/s1. The van der Waals surface area contributed by atoms with Gasteiger partial charge in [0.1, 0.15) is 12.2 Å². The second-order valence-corrected chi connectivity index (χ2v) is 3.93. The molecule has 0 fully saturated rings. The second-order valence-electron chi connectivity index (χ2n) is 3.66. The van der Waals surface area contributed by atoms with Crippen molar-refractivity contribution in [3.63, 3.8) is 0 Å². The van der Waals surface area contributed by atoms with Crippen LogP contribution in [0.5, 0.6) is 0 Å². The Balaban J connectivity index is 3.81. The molecule has 0 aliphatic carbocycles. The third kappa shape index (κ3) is 5.31. The molecular weight excluding hydrogens is 188 g/mol. The summed E-state index contributed by atoms with van der Waals surface area (Å²) in [7, 11) is 0. The van der Waals surface area contributed by atoms with Gasteiger partial charge in [-0.05, 0) is 18.8 Å². The molecule has 3 nitrogen and oxygen atoms in total. The topological polar surface area (TPSA) is 60.7 Å². The van der Waals surface area contributed by atoms with Crippen molar-refractivity contribution in [2.24, 2.45) is 5.92 Å². The number of rotatable bonds is 6. The van der Waals surface area contributed by atoms with E-state index in [2.05, 4.69) is 12.2 Å². The summed E-state index contributed by atoms with van der Waals surface area (Å²) in [6.07, 6.45) is -1.86. The highest BCUT2D eigenvalue weighted by Crippen LogP contribution is 2.10. The van der Waals surface area contributed by atoms with Crippen LogP contribution in [0.1, 0.15) is 26.7 Å². The molecule has 0 saturated heterocycles. The molecule has 0 rings (SSSR count). The average molecular weight is 206 g/mol. The van der Waals surface area contributed by atoms with Gasteiger partial charge in [0.25, 0.3) is 0 Å². The van der Waals surface area contributed by atoms with Crippen molar-refractivity contribution < 1.29 is 15.3 Å². The first-order chi connectivity index (χ1) is 5.99. The zero-order valence-electron chi connectivity index (χ0n) is 8.05. The molecule has 78 valence electrons. The van der Waals surface area contributed by atoms with Gasteiger partial charge in [-0.2, -0.15) is 0 Å². The average Bonchev–Trinajstić information content (AvgIpc) is 2.11. The molecule has 0 aliphatic rings. The lowest BCUT2D eigenvalue weighted by Gasteiger charge is -2.20. The van der Waals surface area contributed by atoms with E-state index in [0.29, 0.717) is 12.3 Å². The van der Waals surface area contributed by atoms with Crippen LogP contribution in [0.4, 0.5) is 0 Å². The van der Waals surface area contributed by atoms with Gasteiger partial charge in [-0.3, -0.25) is 0 Å². The molecule has 4 heteroatoms. The predicted molar refractivity (Wildman–Crippen MR) is 55.7 cm³/mol. The van der Waals surface area contributed by atoms with E-state index in [1.54, 1.807) is 0 Å². The zero-order valence-corrected chi connectivity index (χ0v) is 8.87. The minimum absolute atomic E-state index is 0.478. The fourth-order valence-corrected chi connectivity index (χ4v) is 1.14. The van der Waals surface area contributed by atoms with Gasteiger partial charge in [0, 0.05) is 5.37 Å². The Labute approximate surface area is 84.4 Å². The molecule has 0 aromatic heterocycles. The maximum atomic E-state index is 9.39. The van der Waals surface area contributed by atoms with Crippen molar-refractivity contribution >= 4 is 17.6 Å². The van der Waals surface area contributed by atoms with Crippen LogP contribution in [0.2, 0.25) is 0 Å². The van der Waals surface area contributed by atoms with Crippen molar-refractivity contribution in [2.75, 3.05) is 0 Å². The van der Waals surface area contributed by atoms with Crippen LogP contribution in [0.3, 0.4) is 0 Å². The first-order valence-electron chi connectivity index (χ1n) is 4.48. The normalized spacial score (nSPS) is 18.3. The van der Waals surface area contributed by atoms with Gasteiger partial charge >= 0.3 is 0 Å². The van der Waals surface area contributed by atoms with Crippen molar-refractivity contribution in [3.05, 3.63) is 0 Å². The molecule has 3 N–H and O–H groups in total. The summed E-state index contributed by atoms with van der Waals surface area (Å²) in [5.74, 6) is 0.478. The quantitative estimate of drug-likeness (QED) is 0.554. The molecular formula is C9H18O3S. The van der Waals surface area contributed by atoms with Crippen LogP contribution in [0.25, 0.3) is 0 Å². The minimum Gasteiger partial charge on any atom is -0.390 e. The third-order valence-corrected chi connectivity index (χ3v) is 2.20. The summed E-state index contributed by atoms with van der Waals surface area (Å²) in [6.45, 7) is 4.07. The van der Waals surface area contributed by atoms with Crippen LogP contribution in [-0.2, 0) is 0 Å². The van der Waals surface area contributed by atoms with Gasteiger partial charge in [0.2, 0.25) is 0 Å². The SMILES string of the molecule is CC(C)CC[C@@H](O)[C@@H](O)[C@@H](O)C=S. The Hall–Kier alpha value is -0.0300. The number of thiocarbonyl (C=S) groups is 1. The van der Waals surface area contributed by atoms with E-state index < -0.39 is 18.3 Å². The Morgan fingerprint density at radius 1 is 1.15 bits per heavy atom. The van der Waals surface area contributed by atoms with Crippen molar-refractivity contribution in [1.82, 2.24) is 0 Å². The molecule has 0 saturated carbocycles. The molecule has 0 radical (unpaired) electrons. The van der Waals surface area contributed by atoms with Crippen LogP contribution in [0.15, 0.2) is 0 Å². The van der Waals surface area contributed by atoms with E-state index in [9.17, 15) is 10.2 Å². The van der Waals surface area contributed by atoms with Crippen LogP contribution >= 0.6 is 12.2 Å². The highest BCUT2D eigenvalue weighted by Gasteiger charge is 2.22. The number of aliphatic hydroxyl groups is 3. The lowest BCUT2D eigenvalue weighted by Crippen LogP contribution is -2.38. The first-order valence-corrected chi connectivity index (χ1v) is 4.95. The summed E-state index contributed by atoms with van der Waals surface area (Å²) in [5.41, 5.74) is 0. The predicted octanol–water partition coefficient (Wildman–Crippen LogP) is 0.505. The maximum Gasteiger partial charge on any atom is 0.111 e. The van der Waals surface area contributed by atoms with E-state index in [0.717, 1.165) is 11.8 Å². The number of aliphatic hydroxyl groups excluding tert-OH is 3. The van der Waals surface area contributed by atoms with Gasteiger partial charge in [-0.25, -0.2) is 0 Å². The Morgan fingerprint density at radius 3 is 2.08 bits per heavy atom. The fraction of sp³-hybridized carbons (Fsp3) is 0.889. The van der Waals surface area contributed by atoms with Crippen LogP contribution < -0.4 is 0 Å². The lowest BCUT2D eigenvalue weighted by atomic mass is 10.00. The molecule has 0 spiro atoms. The second kappa shape index (κ2) is 6.43. The van der Waals surface area contributed by atoms with E-state index in [1.165, 1.54) is 0 Å². The highest BCUT2D eigenvalue weighted by atomic mass is 32.1. The number of hydrogen-bond acceptors (Lipinski definition) is 4. The largest absolute Gasteiger partial charge is 0.390 e. The van der Waals surface area contributed by atoms with Crippen LogP contribution in [-0.4, -0.2) is 39.0 Å². The maximum absolute atomic E-state index is 9.39. The monoisotopic (exact) mass is 206 g/mol. The van der Waals surface area contributed by atoms with Gasteiger partial charge in [-0.1, -0.05) is 26.1 Å². The summed E-state index contributed by atoms with van der Waals surface area (Å²) < 4.78 is 0. The molecule has 0 aliphatic heterocycles. The molecule has 0 amide bonds. The zero-order chi connectivity index (χ0) is 10.4. The molecule has 13 heavy (non-hydrogen) atoms. The molecule has 3 atom stereocenters. The summed E-state index contributed by atoms with van der Waals surface area (Å²) in [5, 5.41) is 28.8. The highest BCUT2D eigenvalue weighted by molar-refractivity contribution is 7.79. The fourth-order valence-electron chi connectivity index (χ4n) is 0.983. The molecule has 0 heterocycles. The summed E-state index contributed by atoms with van der Waals surface area (Å²) in [6, 6.07) is 0. The van der Waals surface area contributed by atoms with Crippen LogP contribution in [0, 0.1) is 5.92 Å². The van der Waals surface area contributed by atoms with Crippen molar-refractivity contribution in [2.45, 2.75) is 45.0 Å². The van der Waals surface area contributed by atoms with E-state index in [4.69, 9.17) is 5.11 Å². The smallest absolute Gasteiger partial charge is 0.111 e. The van der Waals surface area contributed by atoms with Gasteiger partial charge < -0.3 is 15.3 Å². The Morgan fingerprint density at radius 2 is 1.69 bits per heavy atom. The molecule has 0 unspecified atom stereocenters. The first kappa shape index (κ1) is 13.0.